The molecule has 0 radical (unpaired) electrons. The van der Waals surface area contributed by atoms with E-state index in [1.807, 2.05) is 0 Å². The second kappa shape index (κ2) is 32.8. The van der Waals surface area contributed by atoms with Crippen LogP contribution in [0.2, 0.25) is 0 Å². The maximum atomic E-state index is 11.7. The zero-order chi connectivity index (χ0) is 55.8. The molecule has 0 aromatic carbocycles. The van der Waals surface area contributed by atoms with Crippen LogP contribution in [-0.2, 0) is 47.4 Å². The van der Waals surface area contributed by atoms with Crippen molar-refractivity contribution in [3.63, 3.8) is 0 Å². The lowest BCUT2D eigenvalue weighted by molar-refractivity contribution is -0.378. The Kier molecular flexibility index (Phi) is 27.7. The summed E-state index contributed by atoms with van der Waals surface area (Å²) in [5, 5.41) is 150. The number of hydrogen-bond donors (Lipinski definition) is 14. The quantitative estimate of drug-likeness (QED) is 0.0316. The van der Waals surface area contributed by atoms with Gasteiger partial charge in [-0.05, 0) is 42.9 Å². The van der Waals surface area contributed by atoms with Crippen LogP contribution in [0.5, 0.6) is 0 Å². The number of ether oxygens (including phenoxy) is 10. The molecule has 24 nitrogen and oxygen atoms in total. The van der Waals surface area contributed by atoms with Crippen molar-refractivity contribution in [3.05, 3.63) is 0 Å². The van der Waals surface area contributed by atoms with Crippen molar-refractivity contribution in [2.24, 2.45) is 23.7 Å². The highest BCUT2D eigenvalue weighted by molar-refractivity contribution is 5.09. The average Bonchev–Trinajstić information content (AvgIpc) is 4.04. The zero-order valence-electron chi connectivity index (χ0n) is 45.0. The van der Waals surface area contributed by atoms with Crippen LogP contribution in [0.3, 0.4) is 0 Å². The molecule has 11 unspecified atom stereocenters. The van der Waals surface area contributed by atoms with Crippen LogP contribution in [0.1, 0.15) is 123 Å². The second-order valence-electron chi connectivity index (χ2n) is 22.2. The Morgan fingerprint density at radius 3 is 0.935 bits per heavy atom. The predicted molar refractivity (Wildman–Crippen MR) is 268 cm³/mol. The lowest BCUT2D eigenvalue weighted by Gasteiger charge is -2.49. The first kappa shape index (κ1) is 65.2. The molecule has 452 valence electrons. The molecule has 0 aromatic heterocycles. The van der Waals surface area contributed by atoms with E-state index in [-0.39, 0.29) is 11.8 Å². The van der Waals surface area contributed by atoms with Gasteiger partial charge in [0.2, 0.25) is 0 Å². The summed E-state index contributed by atoms with van der Waals surface area (Å²) >= 11 is 0. The first-order valence-electron chi connectivity index (χ1n) is 28.8. The van der Waals surface area contributed by atoms with E-state index in [0.717, 1.165) is 51.4 Å². The van der Waals surface area contributed by atoms with Crippen LogP contribution in [0.15, 0.2) is 0 Å². The fraction of sp³-hybridized carbons (Fsp3) is 1.00. The number of fused-ring (bicyclic) bond motifs is 2. The Labute approximate surface area is 452 Å². The van der Waals surface area contributed by atoms with Gasteiger partial charge in [-0.25, -0.2) is 0 Å². The predicted octanol–water partition coefficient (Wildman–Crippen LogP) is -1.80. The molecule has 4 saturated heterocycles. The number of aliphatic hydroxyl groups excluding tert-OH is 14. The minimum Gasteiger partial charge on any atom is -0.394 e. The van der Waals surface area contributed by atoms with E-state index in [0.29, 0.717) is 32.8 Å². The molecule has 0 amide bonds. The van der Waals surface area contributed by atoms with Crippen LogP contribution >= 0.6 is 0 Å². The topological polar surface area (TPSA) is 376 Å². The summed E-state index contributed by atoms with van der Waals surface area (Å²) in [4.78, 5) is 0. The Hall–Kier alpha value is -0.960. The number of unbranched alkanes of at least 4 members (excludes halogenated alkanes) is 14. The van der Waals surface area contributed by atoms with Crippen molar-refractivity contribution >= 4 is 0 Å². The van der Waals surface area contributed by atoms with Crippen LogP contribution in [0.4, 0.5) is 0 Å². The molecule has 6 rings (SSSR count). The van der Waals surface area contributed by atoms with Crippen molar-refractivity contribution in [2.45, 2.75) is 258 Å². The fourth-order valence-electron chi connectivity index (χ4n) is 12.2. The number of aliphatic hydroxyl groups is 14. The van der Waals surface area contributed by atoms with E-state index in [1.54, 1.807) is 0 Å². The van der Waals surface area contributed by atoms with Crippen molar-refractivity contribution in [1.29, 1.82) is 0 Å². The third-order valence-electron chi connectivity index (χ3n) is 16.8. The molecule has 77 heavy (non-hydrogen) atoms. The molecule has 0 spiro atoms. The van der Waals surface area contributed by atoms with E-state index < -0.39 is 173 Å². The Bertz CT molecular complexity index is 1490. The highest BCUT2D eigenvalue weighted by Crippen LogP contribution is 2.56. The fourth-order valence-corrected chi connectivity index (χ4v) is 12.2. The lowest BCUT2D eigenvalue weighted by atomic mass is 9.76. The zero-order valence-corrected chi connectivity index (χ0v) is 45.0. The molecular formula is C53H96O24. The van der Waals surface area contributed by atoms with Gasteiger partial charge in [-0.2, -0.15) is 0 Å². The minimum atomic E-state index is -1.90. The minimum absolute atomic E-state index is 0.205. The standard InChI is InChI=1S/C53H96O24/c1-3-5-7-9-11-13-15-17-19-68-26-30-28-21-29(31(30)27-69-20-18-16-14-12-10-8-6-4-2)47(75-53-45(67)41(63)49(35(25-57)73-53)77-51-43(65)39(61)37(59)33(23-55)71-51)46(28)74-52-44(66)40(62)48(34(24-56)72-52)76-50-42(64)38(60)36(58)32(22-54)70-50/h28-67H,3-27H2,1-2H3/t28-,29?,30-,31?,32?,33?,34?,35?,36+,37+,38-,39-,40+,41+,42?,43?,44?,45?,46-,47?,48+,49+,50+,51+,52-,53-/m0/s1. The maximum Gasteiger partial charge on any atom is 0.187 e. The Morgan fingerprint density at radius 1 is 0.325 bits per heavy atom. The molecule has 6 fully saturated rings. The van der Waals surface area contributed by atoms with Gasteiger partial charge in [0.25, 0.3) is 0 Å². The average molecular weight is 1120 g/mol. The molecular weight excluding hydrogens is 1020 g/mol. The van der Waals surface area contributed by atoms with Gasteiger partial charge in [-0.3, -0.25) is 0 Å². The summed E-state index contributed by atoms with van der Waals surface area (Å²) in [6.07, 6.45) is -17.7. The summed E-state index contributed by atoms with van der Waals surface area (Å²) in [7, 11) is 0. The Balaban J connectivity index is 1.21. The van der Waals surface area contributed by atoms with Crippen molar-refractivity contribution < 1.29 is 119 Å². The van der Waals surface area contributed by atoms with Gasteiger partial charge in [0.15, 0.2) is 25.2 Å². The normalized spacial score (nSPS) is 43.3. The van der Waals surface area contributed by atoms with Gasteiger partial charge in [-0.1, -0.05) is 104 Å². The van der Waals surface area contributed by atoms with Crippen LogP contribution in [-0.4, -0.2) is 259 Å². The van der Waals surface area contributed by atoms with E-state index in [2.05, 4.69) is 13.8 Å². The van der Waals surface area contributed by atoms with E-state index in [1.165, 1.54) is 51.4 Å². The van der Waals surface area contributed by atoms with Gasteiger partial charge in [-0.15, -0.1) is 0 Å². The number of rotatable bonds is 34. The van der Waals surface area contributed by atoms with Gasteiger partial charge >= 0.3 is 0 Å². The molecule has 6 aliphatic rings. The van der Waals surface area contributed by atoms with Crippen LogP contribution < -0.4 is 0 Å². The van der Waals surface area contributed by atoms with Gasteiger partial charge in [0.05, 0.1) is 51.8 Å². The Morgan fingerprint density at radius 2 is 0.610 bits per heavy atom. The highest BCUT2D eigenvalue weighted by atomic mass is 16.8. The van der Waals surface area contributed by atoms with Crippen molar-refractivity contribution in [1.82, 2.24) is 0 Å². The van der Waals surface area contributed by atoms with Crippen LogP contribution in [0, 0.1) is 23.7 Å². The summed E-state index contributed by atoms with van der Waals surface area (Å²) in [5.41, 5.74) is 0. The monoisotopic (exact) mass is 1120 g/mol. The summed E-state index contributed by atoms with van der Waals surface area (Å²) in [5.74, 6) is -1.21. The largest absolute Gasteiger partial charge is 0.394 e. The molecule has 24 heteroatoms. The van der Waals surface area contributed by atoms with Gasteiger partial charge in [0, 0.05) is 13.2 Å². The van der Waals surface area contributed by atoms with Crippen molar-refractivity contribution in [3.8, 4) is 0 Å². The lowest BCUT2D eigenvalue weighted by Crippen LogP contribution is -2.66. The second-order valence-corrected chi connectivity index (χ2v) is 22.2. The molecule has 0 aromatic rings. The van der Waals surface area contributed by atoms with Gasteiger partial charge < -0.3 is 119 Å². The molecule has 2 aliphatic carbocycles. The van der Waals surface area contributed by atoms with Crippen LogP contribution in [0.25, 0.3) is 0 Å². The highest BCUT2D eigenvalue weighted by Gasteiger charge is 2.63. The molecule has 4 heterocycles. The van der Waals surface area contributed by atoms with E-state index in [4.69, 9.17) is 47.4 Å². The molecule has 4 aliphatic heterocycles. The molecule has 26 atom stereocenters. The smallest absolute Gasteiger partial charge is 0.187 e. The van der Waals surface area contributed by atoms with E-state index in [9.17, 15) is 71.5 Å². The summed E-state index contributed by atoms with van der Waals surface area (Å²) in [6.45, 7) is 2.87. The summed E-state index contributed by atoms with van der Waals surface area (Å²) < 4.78 is 60.9. The third-order valence-corrected chi connectivity index (χ3v) is 16.8. The SMILES string of the molecule is CCCCCCCCCCOCC1C2C[C@@H]([C@@H]1COCCCCCCCCCC)[C@H](O[C@@H]1OC(CO)[C@@H](O[C@H]3OC(CO)[C@@H](O)[C@H](O)C3O)[C@H](O)C1O)C2O[C@@H]1OC(CO)[C@@H](O[C@H]2OC(CO)[C@@H](O)[C@H](O)C2O)[C@H](O)C1O. The van der Waals surface area contributed by atoms with Crippen molar-refractivity contribution in [2.75, 3.05) is 52.9 Å². The molecule has 14 N–H and O–H groups in total. The summed E-state index contributed by atoms with van der Waals surface area (Å²) in [6, 6.07) is 0. The molecule has 2 saturated carbocycles. The number of hydrogen-bond acceptors (Lipinski definition) is 24. The van der Waals surface area contributed by atoms with Gasteiger partial charge in [0.1, 0.15) is 97.7 Å². The maximum absolute atomic E-state index is 11.7. The first-order valence-corrected chi connectivity index (χ1v) is 28.8. The third kappa shape index (κ3) is 16.7. The first-order chi connectivity index (χ1) is 37.1. The van der Waals surface area contributed by atoms with E-state index >= 15 is 0 Å². The molecule has 2 bridgehead atoms.